The Balaban J connectivity index is 1.57. The molecule has 108 valence electrons. The van der Waals surface area contributed by atoms with Crippen LogP contribution in [0.2, 0.25) is 0 Å². The molecule has 2 saturated heterocycles. The topological polar surface area (TPSA) is 50.4 Å². The maximum absolute atomic E-state index is 12.2. The first-order chi connectivity index (χ1) is 9.74. The fourth-order valence-corrected chi connectivity index (χ4v) is 3.55. The molecule has 0 aromatic heterocycles. The average Bonchev–Trinajstić information content (AvgIpc) is 2.78. The van der Waals surface area contributed by atoms with E-state index in [0.717, 1.165) is 18.5 Å². The van der Waals surface area contributed by atoms with Crippen LogP contribution in [0.3, 0.4) is 0 Å². The third kappa shape index (κ3) is 2.96. The summed E-state index contributed by atoms with van der Waals surface area (Å²) in [7, 11) is 1.62. The summed E-state index contributed by atoms with van der Waals surface area (Å²) in [6.07, 6.45) is 5.43. The van der Waals surface area contributed by atoms with Crippen LogP contribution in [0.1, 0.15) is 32.1 Å². The van der Waals surface area contributed by atoms with E-state index < -0.39 is 0 Å². The van der Waals surface area contributed by atoms with Crippen LogP contribution < -0.4 is 15.4 Å². The molecule has 0 aliphatic carbocycles. The standard InChI is InChI=1S/C16H22N2O2/c1-20-15-5-3-2-4-14(15)18-16(19)10-11-8-12-6-7-13(9-11)17-12/h2-5,11-13,17H,6-10H2,1H3,(H,18,19). The second-order valence-corrected chi connectivity index (χ2v) is 5.93. The summed E-state index contributed by atoms with van der Waals surface area (Å²) in [6, 6.07) is 8.82. The molecule has 2 fully saturated rings. The smallest absolute Gasteiger partial charge is 0.224 e. The van der Waals surface area contributed by atoms with Gasteiger partial charge in [0.25, 0.3) is 0 Å². The molecular formula is C16H22N2O2. The largest absolute Gasteiger partial charge is 0.495 e. The summed E-state index contributed by atoms with van der Waals surface area (Å²) in [5.74, 6) is 1.33. The summed E-state index contributed by atoms with van der Waals surface area (Å²) in [5.41, 5.74) is 0.761. The molecule has 0 spiro atoms. The first-order valence-electron chi connectivity index (χ1n) is 7.43. The number of hydrogen-bond acceptors (Lipinski definition) is 3. The van der Waals surface area contributed by atoms with Crippen molar-refractivity contribution in [3.05, 3.63) is 24.3 Å². The molecule has 2 aliphatic heterocycles. The zero-order valence-corrected chi connectivity index (χ0v) is 11.9. The van der Waals surface area contributed by atoms with Gasteiger partial charge in [-0.05, 0) is 43.7 Å². The van der Waals surface area contributed by atoms with Gasteiger partial charge in [-0.25, -0.2) is 0 Å². The number of hydrogen-bond donors (Lipinski definition) is 2. The number of amides is 1. The fraction of sp³-hybridized carbons (Fsp3) is 0.562. The van der Waals surface area contributed by atoms with Gasteiger partial charge < -0.3 is 15.4 Å². The maximum atomic E-state index is 12.2. The molecule has 1 amide bonds. The quantitative estimate of drug-likeness (QED) is 0.887. The summed E-state index contributed by atoms with van der Waals surface area (Å²) >= 11 is 0. The van der Waals surface area contributed by atoms with E-state index in [2.05, 4.69) is 10.6 Å². The van der Waals surface area contributed by atoms with E-state index in [-0.39, 0.29) is 5.91 Å². The molecule has 2 heterocycles. The molecule has 2 unspecified atom stereocenters. The number of methoxy groups -OCH3 is 1. The van der Waals surface area contributed by atoms with E-state index in [4.69, 9.17) is 4.74 Å². The van der Waals surface area contributed by atoms with Gasteiger partial charge in [0.1, 0.15) is 5.75 Å². The van der Waals surface area contributed by atoms with Gasteiger partial charge in [-0.3, -0.25) is 4.79 Å². The first kappa shape index (κ1) is 13.4. The van der Waals surface area contributed by atoms with Gasteiger partial charge in [-0.1, -0.05) is 12.1 Å². The van der Waals surface area contributed by atoms with Crippen molar-refractivity contribution in [1.82, 2.24) is 5.32 Å². The van der Waals surface area contributed by atoms with Crippen molar-refractivity contribution >= 4 is 11.6 Å². The summed E-state index contributed by atoms with van der Waals surface area (Å²) in [6.45, 7) is 0. The lowest BCUT2D eigenvalue weighted by atomic mass is 9.89. The second-order valence-electron chi connectivity index (χ2n) is 5.93. The van der Waals surface area contributed by atoms with Crippen molar-refractivity contribution in [2.75, 3.05) is 12.4 Å². The van der Waals surface area contributed by atoms with Crippen LogP contribution in [0, 0.1) is 5.92 Å². The number of anilines is 1. The van der Waals surface area contributed by atoms with Gasteiger partial charge >= 0.3 is 0 Å². The maximum Gasteiger partial charge on any atom is 0.224 e. The Morgan fingerprint density at radius 2 is 2.00 bits per heavy atom. The Morgan fingerprint density at radius 1 is 1.30 bits per heavy atom. The Labute approximate surface area is 119 Å². The average molecular weight is 274 g/mol. The molecular weight excluding hydrogens is 252 g/mol. The van der Waals surface area contributed by atoms with E-state index in [1.807, 2.05) is 24.3 Å². The minimum absolute atomic E-state index is 0.0980. The zero-order chi connectivity index (χ0) is 13.9. The van der Waals surface area contributed by atoms with Crippen LogP contribution in [-0.4, -0.2) is 25.1 Å². The number of benzene rings is 1. The van der Waals surface area contributed by atoms with E-state index in [1.165, 1.54) is 12.8 Å². The van der Waals surface area contributed by atoms with Gasteiger partial charge in [0.15, 0.2) is 0 Å². The van der Waals surface area contributed by atoms with Crippen molar-refractivity contribution in [2.24, 2.45) is 5.92 Å². The van der Waals surface area contributed by atoms with Crippen LogP contribution in [0.5, 0.6) is 5.75 Å². The van der Waals surface area contributed by atoms with Gasteiger partial charge in [-0.15, -0.1) is 0 Å². The van der Waals surface area contributed by atoms with E-state index in [1.54, 1.807) is 7.11 Å². The Morgan fingerprint density at radius 3 is 2.70 bits per heavy atom. The van der Waals surface area contributed by atoms with Crippen LogP contribution in [-0.2, 0) is 4.79 Å². The molecule has 0 radical (unpaired) electrons. The van der Waals surface area contributed by atoms with Crippen molar-refractivity contribution in [1.29, 1.82) is 0 Å². The SMILES string of the molecule is COc1ccccc1NC(=O)CC1CC2CCC(C1)N2. The highest BCUT2D eigenvalue weighted by atomic mass is 16.5. The molecule has 0 saturated carbocycles. The molecule has 2 N–H and O–H groups in total. The molecule has 4 heteroatoms. The van der Waals surface area contributed by atoms with Gasteiger partial charge in [0.05, 0.1) is 12.8 Å². The van der Waals surface area contributed by atoms with Crippen molar-refractivity contribution in [3.63, 3.8) is 0 Å². The lowest BCUT2D eigenvalue weighted by Gasteiger charge is -2.28. The normalized spacial score (nSPS) is 28.1. The predicted molar refractivity (Wildman–Crippen MR) is 78.9 cm³/mol. The van der Waals surface area contributed by atoms with E-state index in [0.29, 0.717) is 30.2 Å². The minimum Gasteiger partial charge on any atom is -0.495 e. The van der Waals surface area contributed by atoms with E-state index in [9.17, 15) is 4.79 Å². The number of rotatable bonds is 4. The van der Waals surface area contributed by atoms with Crippen LogP contribution >= 0.6 is 0 Å². The molecule has 1 aromatic rings. The number of ether oxygens (including phenoxy) is 1. The fourth-order valence-electron chi connectivity index (χ4n) is 3.55. The Kier molecular flexibility index (Phi) is 3.92. The second kappa shape index (κ2) is 5.83. The highest BCUT2D eigenvalue weighted by Crippen LogP contribution is 2.33. The monoisotopic (exact) mass is 274 g/mol. The van der Waals surface area contributed by atoms with Crippen LogP contribution in [0.25, 0.3) is 0 Å². The highest BCUT2D eigenvalue weighted by Gasteiger charge is 2.34. The Bertz CT molecular complexity index is 477. The highest BCUT2D eigenvalue weighted by molar-refractivity contribution is 5.92. The van der Waals surface area contributed by atoms with Crippen LogP contribution in [0.4, 0.5) is 5.69 Å². The number of carbonyl (C=O) groups excluding carboxylic acids is 1. The molecule has 3 rings (SSSR count). The molecule has 2 bridgehead atoms. The molecule has 1 aromatic carbocycles. The van der Waals surface area contributed by atoms with Gasteiger partial charge in [-0.2, -0.15) is 0 Å². The van der Waals surface area contributed by atoms with Gasteiger partial charge in [0.2, 0.25) is 5.91 Å². The Hall–Kier alpha value is -1.55. The summed E-state index contributed by atoms with van der Waals surface area (Å²) < 4.78 is 5.26. The summed E-state index contributed by atoms with van der Waals surface area (Å²) in [4.78, 5) is 12.2. The van der Waals surface area contributed by atoms with Gasteiger partial charge in [0, 0.05) is 18.5 Å². The number of carbonyl (C=O) groups is 1. The molecule has 20 heavy (non-hydrogen) atoms. The molecule has 4 nitrogen and oxygen atoms in total. The minimum atomic E-state index is 0.0980. The van der Waals surface area contributed by atoms with Crippen LogP contribution in [0.15, 0.2) is 24.3 Å². The van der Waals surface area contributed by atoms with Crippen molar-refractivity contribution in [3.8, 4) is 5.75 Å². The number of para-hydroxylation sites is 2. The summed E-state index contributed by atoms with van der Waals surface area (Å²) in [5, 5.41) is 6.58. The predicted octanol–water partition coefficient (Wildman–Crippen LogP) is 2.55. The van der Waals surface area contributed by atoms with Crippen molar-refractivity contribution in [2.45, 2.75) is 44.2 Å². The zero-order valence-electron chi connectivity index (χ0n) is 11.9. The molecule has 2 atom stereocenters. The lowest BCUT2D eigenvalue weighted by molar-refractivity contribution is -0.117. The van der Waals surface area contributed by atoms with Crippen molar-refractivity contribution < 1.29 is 9.53 Å². The molecule has 2 aliphatic rings. The lowest BCUT2D eigenvalue weighted by Crippen LogP contribution is -2.39. The number of nitrogens with one attached hydrogen (secondary N) is 2. The number of fused-ring (bicyclic) bond motifs is 2. The third-order valence-electron chi connectivity index (χ3n) is 4.43. The third-order valence-corrected chi connectivity index (χ3v) is 4.43. The first-order valence-corrected chi connectivity index (χ1v) is 7.43. The number of piperidine rings is 1. The van der Waals surface area contributed by atoms with E-state index >= 15 is 0 Å².